The number of benzene rings is 1. The first kappa shape index (κ1) is 17.2. The lowest BCUT2D eigenvalue weighted by Crippen LogP contribution is -2.47. The molecule has 1 aliphatic carbocycles. The highest BCUT2D eigenvalue weighted by Crippen LogP contribution is 2.38. The summed E-state index contributed by atoms with van der Waals surface area (Å²) in [6.07, 6.45) is 3.76. The van der Waals surface area contributed by atoms with Crippen molar-refractivity contribution >= 4 is 27.4 Å². The number of aryl methyl sites for hydroxylation is 1. The van der Waals surface area contributed by atoms with Gasteiger partial charge >= 0.3 is 0 Å². The molecule has 1 saturated carbocycles. The lowest BCUT2D eigenvalue weighted by Gasteiger charge is -2.37. The van der Waals surface area contributed by atoms with Gasteiger partial charge in [0.2, 0.25) is 5.95 Å². The normalized spacial score (nSPS) is 23.3. The maximum absolute atomic E-state index is 10.6. The van der Waals surface area contributed by atoms with Crippen LogP contribution in [0.3, 0.4) is 0 Å². The minimum absolute atomic E-state index is 0.0844. The van der Waals surface area contributed by atoms with E-state index in [1.807, 2.05) is 37.4 Å². The molecule has 3 aromatic rings. The zero-order valence-electron chi connectivity index (χ0n) is 14.9. The molecule has 4 rings (SSSR count). The molecule has 0 radical (unpaired) electrons. The third-order valence-electron chi connectivity index (χ3n) is 5.20. The van der Waals surface area contributed by atoms with E-state index in [1.54, 1.807) is 11.3 Å². The fourth-order valence-electron chi connectivity index (χ4n) is 3.63. The topological polar surface area (TPSA) is 91.2 Å². The van der Waals surface area contributed by atoms with Crippen LogP contribution in [0.25, 0.3) is 21.3 Å². The number of thiophene rings is 1. The van der Waals surface area contributed by atoms with Gasteiger partial charge in [-0.3, -0.25) is 0 Å². The molecule has 7 heteroatoms. The number of rotatable bonds is 3. The van der Waals surface area contributed by atoms with Crippen LogP contribution < -0.4 is 5.32 Å². The number of aliphatic hydroxyl groups is 1. The summed E-state index contributed by atoms with van der Waals surface area (Å²) in [4.78, 5) is 4.51. The van der Waals surface area contributed by atoms with Crippen LogP contribution in [0.4, 0.5) is 5.95 Å². The quantitative estimate of drug-likeness (QED) is 0.648. The van der Waals surface area contributed by atoms with Gasteiger partial charge in [-0.05, 0) is 50.3 Å². The minimum Gasteiger partial charge on any atom is -0.507 e. The predicted molar refractivity (Wildman–Crippen MR) is 104 cm³/mol. The Morgan fingerprint density at radius 2 is 2.08 bits per heavy atom. The summed E-state index contributed by atoms with van der Waals surface area (Å²) in [6, 6.07) is 5.64. The van der Waals surface area contributed by atoms with Crippen molar-refractivity contribution in [1.82, 2.24) is 15.2 Å². The van der Waals surface area contributed by atoms with E-state index in [9.17, 15) is 10.2 Å². The summed E-state index contributed by atoms with van der Waals surface area (Å²) in [5.74, 6) is 0.619. The maximum atomic E-state index is 10.6. The molecule has 0 bridgehead atoms. The highest BCUT2D eigenvalue weighted by atomic mass is 32.1. The largest absolute Gasteiger partial charge is 0.507 e. The van der Waals surface area contributed by atoms with Crippen LogP contribution in [-0.2, 0) is 0 Å². The highest BCUT2D eigenvalue weighted by molar-refractivity contribution is 7.17. The van der Waals surface area contributed by atoms with Crippen molar-refractivity contribution in [3.63, 3.8) is 0 Å². The standard InChI is InChI=1S/C19H22N4O2S/c1-11-16(13-6-7-14-12(17(13)24)8-10-26-14)22-23-18(20-11)21-15-5-3-4-9-19(15,2)25/h6-8,10,15,24-25H,3-5,9H2,1-2H3,(H,20,21,23)/t15-,19+/m1/s1. The van der Waals surface area contributed by atoms with Crippen molar-refractivity contribution in [2.45, 2.75) is 51.2 Å². The van der Waals surface area contributed by atoms with Crippen molar-refractivity contribution in [1.29, 1.82) is 0 Å². The number of anilines is 1. The van der Waals surface area contributed by atoms with E-state index >= 15 is 0 Å². The number of aromatic hydroxyl groups is 1. The summed E-state index contributed by atoms with van der Waals surface area (Å²) in [7, 11) is 0. The van der Waals surface area contributed by atoms with Gasteiger partial charge in [0.25, 0.3) is 0 Å². The van der Waals surface area contributed by atoms with E-state index in [4.69, 9.17) is 0 Å². The van der Waals surface area contributed by atoms with Crippen molar-refractivity contribution < 1.29 is 10.2 Å². The fourth-order valence-corrected chi connectivity index (χ4v) is 4.42. The monoisotopic (exact) mass is 370 g/mol. The van der Waals surface area contributed by atoms with Gasteiger partial charge in [-0.2, -0.15) is 0 Å². The van der Waals surface area contributed by atoms with E-state index in [2.05, 4.69) is 20.5 Å². The van der Waals surface area contributed by atoms with Gasteiger partial charge < -0.3 is 15.5 Å². The third-order valence-corrected chi connectivity index (χ3v) is 6.08. The molecule has 0 saturated heterocycles. The Bertz CT molecular complexity index is 954. The third kappa shape index (κ3) is 3.01. The first-order valence-corrected chi connectivity index (χ1v) is 9.73. The van der Waals surface area contributed by atoms with Crippen molar-refractivity contribution in [3.05, 3.63) is 29.3 Å². The van der Waals surface area contributed by atoms with Gasteiger partial charge in [0.05, 0.1) is 17.3 Å². The van der Waals surface area contributed by atoms with E-state index in [0.29, 0.717) is 22.9 Å². The van der Waals surface area contributed by atoms with Crippen LogP contribution in [0.5, 0.6) is 5.75 Å². The molecule has 0 aliphatic heterocycles. The van der Waals surface area contributed by atoms with Crippen molar-refractivity contribution in [3.8, 4) is 17.0 Å². The summed E-state index contributed by atoms with van der Waals surface area (Å²) < 4.78 is 1.03. The Kier molecular flexibility index (Phi) is 4.28. The summed E-state index contributed by atoms with van der Waals surface area (Å²) in [5, 5.41) is 35.6. The number of nitrogens with one attached hydrogen (secondary N) is 1. The van der Waals surface area contributed by atoms with Gasteiger partial charge in [-0.1, -0.05) is 12.8 Å². The molecule has 1 aromatic carbocycles. The smallest absolute Gasteiger partial charge is 0.243 e. The van der Waals surface area contributed by atoms with Gasteiger partial charge in [0, 0.05) is 15.6 Å². The van der Waals surface area contributed by atoms with E-state index in [-0.39, 0.29) is 11.8 Å². The minimum atomic E-state index is -0.767. The molecular formula is C19H22N4O2S. The molecular weight excluding hydrogens is 348 g/mol. The van der Waals surface area contributed by atoms with Crippen LogP contribution >= 0.6 is 11.3 Å². The SMILES string of the molecule is Cc1nc(N[C@@H]2CCCC[C@]2(C)O)nnc1-c1ccc2sccc2c1O. The molecule has 3 N–H and O–H groups in total. The molecule has 2 heterocycles. The fraction of sp³-hybridized carbons (Fsp3) is 0.421. The number of phenolic OH excluding ortho intramolecular Hbond substituents is 1. The molecule has 26 heavy (non-hydrogen) atoms. The van der Waals surface area contributed by atoms with Crippen LogP contribution in [0.1, 0.15) is 38.3 Å². The lowest BCUT2D eigenvalue weighted by molar-refractivity contribution is 0.0103. The van der Waals surface area contributed by atoms with Crippen LogP contribution in [0.2, 0.25) is 0 Å². The second kappa shape index (κ2) is 6.48. The van der Waals surface area contributed by atoms with Gasteiger partial charge in [0.15, 0.2) is 0 Å². The highest BCUT2D eigenvalue weighted by Gasteiger charge is 2.35. The van der Waals surface area contributed by atoms with Gasteiger partial charge in [0.1, 0.15) is 11.4 Å². The second-order valence-corrected chi connectivity index (χ2v) is 8.11. The van der Waals surface area contributed by atoms with Crippen LogP contribution in [-0.4, -0.2) is 37.0 Å². The average molecular weight is 370 g/mol. The molecule has 1 fully saturated rings. The maximum Gasteiger partial charge on any atom is 0.243 e. The molecule has 2 atom stereocenters. The molecule has 1 aliphatic rings. The number of nitrogens with zero attached hydrogens (tertiary/aromatic N) is 3. The first-order chi connectivity index (χ1) is 12.5. The first-order valence-electron chi connectivity index (χ1n) is 8.85. The van der Waals surface area contributed by atoms with E-state index in [1.165, 1.54) is 0 Å². The van der Waals surface area contributed by atoms with E-state index in [0.717, 1.165) is 35.8 Å². The zero-order chi connectivity index (χ0) is 18.3. The molecule has 136 valence electrons. The van der Waals surface area contributed by atoms with E-state index < -0.39 is 5.60 Å². The molecule has 0 unspecified atom stereocenters. The Morgan fingerprint density at radius 3 is 2.85 bits per heavy atom. The number of hydrogen-bond donors (Lipinski definition) is 3. The van der Waals surface area contributed by atoms with Crippen LogP contribution in [0.15, 0.2) is 23.6 Å². The Morgan fingerprint density at radius 1 is 1.23 bits per heavy atom. The van der Waals surface area contributed by atoms with Crippen molar-refractivity contribution in [2.75, 3.05) is 5.32 Å². The summed E-state index contributed by atoms with van der Waals surface area (Å²) >= 11 is 1.59. The predicted octanol–water partition coefficient (Wildman–Crippen LogP) is 3.87. The average Bonchev–Trinajstić information content (AvgIpc) is 3.08. The molecule has 2 aromatic heterocycles. The molecule has 0 amide bonds. The Labute approximate surface area is 155 Å². The summed E-state index contributed by atoms with van der Waals surface area (Å²) in [5.41, 5.74) is 1.11. The van der Waals surface area contributed by atoms with Gasteiger partial charge in [-0.25, -0.2) is 4.98 Å². The van der Waals surface area contributed by atoms with Gasteiger partial charge in [-0.15, -0.1) is 21.5 Å². The molecule has 6 nitrogen and oxygen atoms in total. The Hall–Kier alpha value is -2.25. The van der Waals surface area contributed by atoms with Crippen molar-refractivity contribution in [2.24, 2.45) is 0 Å². The number of aromatic nitrogens is 3. The lowest BCUT2D eigenvalue weighted by atomic mass is 9.82. The van der Waals surface area contributed by atoms with Crippen LogP contribution in [0, 0.1) is 6.92 Å². The number of phenols is 1. The zero-order valence-corrected chi connectivity index (χ0v) is 15.7. The second-order valence-electron chi connectivity index (χ2n) is 7.16. The Balaban J connectivity index is 1.64. The number of fused-ring (bicyclic) bond motifs is 1. The number of hydrogen-bond acceptors (Lipinski definition) is 7. The molecule has 0 spiro atoms. The summed E-state index contributed by atoms with van der Waals surface area (Å²) in [6.45, 7) is 3.71.